The fourth-order valence-electron chi connectivity index (χ4n) is 2.95. The Morgan fingerprint density at radius 2 is 2.00 bits per heavy atom. The fraction of sp³-hybridized carbons (Fsp3) is 0.375. The van der Waals surface area contributed by atoms with Gasteiger partial charge in [0.2, 0.25) is 0 Å². The third-order valence-electron chi connectivity index (χ3n) is 4.33. The van der Waals surface area contributed by atoms with Gasteiger partial charge in [-0.25, -0.2) is 14.5 Å². The van der Waals surface area contributed by atoms with Gasteiger partial charge in [0.1, 0.15) is 6.04 Å². The van der Waals surface area contributed by atoms with Gasteiger partial charge in [-0.2, -0.15) is 18.3 Å². The molecule has 3 heterocycles. The van der Waals surface area contributed by atoms with E-state index < -0.39 is 29.7 Å². The second-order valence-corrected chi connectivity index (χ2v) is 5.95. The number of nitrogens with zero attached hydrogens (tertiary/aromatic N) is 4. The molecule has 7 nitrogen and oxygen atoms in total. The predicted octanol–water partition coefficient (Wildman–Crippen LogP) is 2.28. The summed E-state index contributed by atoms with van der Waals surface area (Å²) in [5.74, 6) is -1.40. The second-order valence-electron chi connectivity index (χ2n) is 5.95. The number of carbonyl (C=O) groups excluding carboxylic acids is 1. The maximum Gasteiger partial charge on any atom is 0.417 e. The lowest BCUT2D eigenvalue weighted by atomic mass is 10.2. The molecule has 0 aromatic carbocycles. The minimum Gasteiger partial charge on any atom is -0.480 e. The molecule has 0 bridgehead atoms. The highest BCUT2D eigenvalue weighted by molar-refractivity contribution is 5.97. The Morgan fingerprint density at radius 1 is 1.27 bits per heavy atom. The summed E-state index contributed by atoms with van der Waals surface area (Å²) in [4.78, 5) is 28.9. The van der Waals surface area contributed by atoms with Crippen LogP contribution in [-0.4, -0.2) is 49.2 Å². The second kappa shape index (κ2) is 6.43. The highest BCUT2D eigenvalue weighted by atomic mass is 19.4. The van der Waals surface area contributed by atoms with Gasteiger partial charge in [0.25, 0.3) is 5.91 Å². The average molecular weight is 368 g/mol. The van der Waals surface area contributed by atoms with Crippen LogP contribution in [0.2, 0.25) is 0 Å². The van der Waals surface area contributed by atoms with E-state index in [1.165, 1.54) is 15.8 Å². The van der Waals surface area contributed by atoms with E-state index in [9.17, 15) is 27.9 Å². The molecule has 1 aliphatic rings. The average Bonchev–Trinajstić information content (AvgIpc) is 3.20. The highest BCUT2D eigenvalue weighted by Crippen LogP contribution is 2.29. The zero-order chi connectivity index (χ0) is 19.1. The highest BCUT2D eigenvalue weighted by Gasteiger charge is 2.36. The lowest BCUT2D eigenvalue weighted by Crippen LogP contribution is -2.40. The van der Waals surface area contributed by atoms with Gasteiger partial charge in [0, 0.05) is 12.7 Å². The van der Waals surface area contributed by atoms with E-state index in [0.29, 0.717) is 31.3 Å². The number of carboxylic acids is 1. The molecule has 2 aromatic heterocycles. The molecule has 1 fully saturated rings. The number of amides is 1. The predicted molar refractivity (Wildman–Crippen MR) is 82.8 cm³/mol. The molecule has 0 spiro atoms. The summed E-state index contributed by atoms with van der Waals surface area (Å²) in [5.41, 5.74) is -0.318. The van der Waals surface area contributed by atoms with Crippen LogP contribution in [0.15, 0.2) is 24.5 Å². The molecule has 3 rings (SSSR count). The molecular formula is C16H15F3N4O3. The van der Waals surface area contributed by atoms with E-state index in [1.807, 2.05) is 0 Å². The van der Waals surface area contributed by atoms with Crippen LogP contribution in [-0.2, 0) is 11.0 Å². The van der Waals surface area contributed by atoms with Crippen LogP contribution in [0.25, 0.3) is 5.82 Å². The van der Waals surface area contributed by atoms with Crippen molar-refractivity contribution in [1.29, 1.82) is 0 Å². The van der Waals surface area contributed by atoms with Gasteiger partial charge in [0.15, 0.2) is 5.82 Å². The van der Waals surface area contributed by atoms with E-state index in [1.54, 1.807) is 6.92 Å². The Kier molecular flexibility index (Phi) is 4.43. The van der Waals surface area contributed by atoms with E-state index >= 15 is 0 Å². The Bertz CT molecular complexity index is 845. The van der Waals surface area contributed by atoms with Crippen molar-refractivity contribution in [2.75, 3.05) is 6.54 Å². The number of pyridine rings is 1. The molecule has 10 heteroatoms. The fourth-order valence-corrected chi connectivity index (χ4v) is 2.95. The number of halogens is 3. The van der Waals surface area contributed by atoms with E-state index in [0.717, 1.165) is 12.1 Å². The molecular weight excluding hydrogens is 353 g/mol. The standard InChI is InChI=1S/C16H15F3N4O3/c1-9-11(14(24)22-6-2-3-12(22)15(25)26)8-21-23(9)13-5-4-10(7-20-13)16(17,18)19/h4-5,7-8,12H,2-3,6H2,1H3,(H,25,26). The summed E-state index contributed by atoms with van der Waals surface area (Å²) in [6.07, 6.45) is -1.55. The zero-order valence-electron chi connectivity index (χ0n) is 13.7. The Labute approximate surface area is 146 Å². The van der Waals surface area contributed by atoms with Gasteiger partial charge in [-0.1, -0.05) is 0 Å². The number of carbonyl (C=O) groups is 2. The van der Waals surface area contributed by atoms with E-state index in [4.69, 9.17) is 0 Å². The molecule has 1 amide bonds. The summed E-state index contributed by atoms with van der Waals surface area (Å²) in [7, 11) is 0. The summed E-state index contributed by atoms with van der Waals surface area (Å²) in [6, 6.07) is 1.16. The minimum absolute atomic E-state index is 0.130. The number of aliphatic carboxylic acids is 1. The number of rotatable bonds is 3. The molecule has 1 atom stereocenters. The largest absolute Gasteiger partial charge is 0.480 e. The first-order chi connectivity index (χ1) is 12.2. The number of alkyl halides is 3. The maximum absolute atomic E-state index is 12.7. The van der Waals surface area contributed by atoms with Gasteiger partial charge in [-0.3, -0.25) is 4.79 Å². The molecule has 138 valence electrons. The van der Waals surface area contributed by atoms with E-state index in [2.05, 4.69) is 10.1 Å². The van der Waals surface area contributed by atoms with Gasteiger partial charge < -0.3 is 10.0 Å². The molecule has 26 heavy (non-hydrogen) atoms. The van der Waals surface area contributed by atoms with Crippen LogP contribution in [0.3, 0.4) is 0 Å². The monoisotopic (exact) mass is 368 g/mol. The van der Waals surface area contributed by atoms with Gasteiger partial charge in [0.05, 0.1) is 23.0 Å². The Balaban J connectivity index is 1.88. The zero-order valence-corrected chi connectivity index (χ0v) is 13.7. The molecule has 0 aliphatic carbocycles. The van der Waals surface area contributed by atoms with Crippen molar-refractivity contribution in [3.8, 4) is 5.82 Å². The molecule has 0 radical (unpaired) electrons. The minimum atomic E-state index is -4.49. The maximum atomic E-state index is 12.7. The van der Waals surface area contributed by atoms with Crippen LogP contribution >= 0.6 is 0 Å². The van der Waals surface area contributed by atoms with Crippen molar-refractivity contribution in [3.63, 3.8) is 0 Å². The SMILES string of the molecule is Cc1c(C(=O)N2CCCC2C(=O)O)cnn1-c1ccc(C(F)(F)F)cn1. The molecule has 2 aromatic rings. The van der Waals surface area contributed by atoms with Crippen molar-refractivity contribution in [2.24, 2.45) is 0 Å². The molecule has 1 N–H and O–H groups in total. The van der Waals surface area contributed by atoms with Crippen molar-refractivity contribution in [3.05, 3.63) is 41.3 Å². The van der Waals surface area contributed by atoms with Crippen molar-refractivity contribution in [1.82, 2.24) is 19.7 Å². The topological polar surface area (TPSA) is 88.3 Å². The normalized spacial score (nSPS) is 17.5. The lowest BCUT2D eigenvalue weighted by Gasteiger charge is -2.21. The van der Waals surface area contributed by atoms with Gasteiger partial charge >= 0.3 is 12.1 Å². The molecule has 0 saturated carbocycles. The summed E-state index contributed by atoms with van der Waals surface area (Å²) in [5, 5.41) is 13.2. The molecule has 1 aliphatic heterocycles. The smallest absolute Gasteiger partial charge is 0.417 e. The Morgan fingerprint density at radius 3 is 2.58 bits per heavy atom. The third kappa shape index (κ3) is 3.14. The van der Waals surface area contributed by atoms with Crippen LogP contribution in [0, 0.1) is 6.92 Å². The number of hydrogen-bond acceptors (Lipinski definition) is 4. The van der Waals surface area contributed by atoms with Crippen molar-refractivity contribution in [2.45, 2.75) is 32.0 Å². The molecule has 1 unspecified atom stereocenters. The summed E-state index contributed by atoms with van der Waals surface area (Å²) >= 11 is 0. The number of hydrogen-bond donors (Lipinski definition) is 1. The van der Waals surface area contributed by atoms with Crippen molar-refractivity contribution >= 4 is 11.9 Å². The first-order valence-electron chi connectivity index (χ1n) is 7.82. The van der Waals surface area contributed by atoms with E-state index in [-0.39, 0.29) is 11.4 Å². The third-order valence-corrected chi connectivity index (χ3v) is 4.33. The van der Waals surface area contributed by atoms with Crippen molar-refractivity contribution < 1.29 is 27.9 Å². The van der Waals surface area contributed by atoms with Crippen LogP contribution in [0.4, 0.5) is 13.2 Å². The molecule has 1 saturated heterocycles. The quantitative estimate of drug-likeness (QED) is 0.898. The first-order valence-corrected chi connectivity index (χ1v) is 7.82. The van der Waals surface area contributed by atoms with Crippen LogP contribution in [0.5, 0.6) is 0 Å². The first kappa shape index (κ1) is 17.9. The van der Waals surface area contributed by atoms with Gasteiger partial charge in [-0.15, -0.1) is 0 Å². The Hall–Kier alpha value is -2.91. The lowest BCUT2D eigenvalue weighted by molar-refractivity contribution is -0.141. The summed E-state index contributed by atoms with van der Waals surface area (Å²) in [6.45, 7) is 1.91. The van der Waals surface area contributed by atoms with Crippen LogP contribution in [0.1, 0.15) is 34.5 Å². The van der Waals surface area contributed by atoms with Crippen LogP contribution < -0.4 is 0 Å². The van der Waals surface area contributed by atoms with Gasteiger partial charge in [-0.05, 0) is 31.9 Å². The number of aromatic nitrogens is 3. The summed E-state index contributed by atoms with van der Waals surface area (Å²) < 4.78 is 39.1. The number of likely N-dealkylation sites (tertiary alicyclic amines) is 1. The number of carboxylic acid groups (broad SMARTS) is 1.